The van der Waals surface area contributed by atoms with Gasteiger partial charge in [-0.1, -0.05) is 12.2 Å². The van der Waals surface area contributed by atoms with Crippen LogP contribution < -0.4 is 5.73 Å². The van der Waals surface area contributed by atoms with Crippen molar-refractivity contribution in [2.45, 2.75) is 6.10 Å². The number of H-pyrrole nitrogens is 1. The topological polar surface area (TPSA) is 84.2 Å². The van der Waals surface area contributed by atoms with E-state index in [9.17, 15) is 4.79 Å². The smallest absolute Gasteiger partial charge is 0.272 e. The van der Waals surface area contributed by atoms with E-state index in [0.717, 1.165) is 0 Å². The van der Waals surface area contributed by atoms with Crippen LogP contribution in [0, 0.1) is 0 Å². The van der Waals surface area contributed by atoms with E-state index < -0.39 is 0 Å². The van der Waals surface area contributed by atoms with Crippen LogP contribution in [0.5, 0.6) is 0 Å². The Morgan fingerprint density at radius 1 is 1.75 bits per heavy atom. The standard InChI is InChI=1S/C9H12N4O2S/c10-8(16)7-5-13(3-4-15-7)9(14)6-1-2-11-12-6/h1-2,7H,3-5H2,(H2,10,16)(H,11,12). The molecule has 0 bridgehead atoms. The van der Waals surface area contributed by atoms with E-state index in [1.807, 2.05) is 0 Å². The first-order valence-electron chi connectivity index (χ1n) is 4.88. The SMILES string of the molecule is NC(=S)C1CN(C(=O)c2ccn[nH]2)CCO1. The first kappa shape index (κ1) is 11.0. The van der Waals surface area contributed by atoms with Crippen LogP contribution in [0.25, 0.3) is 0 Å². The molecule has 2 rings (SSSR count). The van der Waals surface area contributed by atoms with E-state index in [0.29, 0.717) is 25.4 Å². The normalized spacial score (nSPS) is 20.8. The van der Waals surface area contributed by atoms with Crippen molar-refractivity contribution >= 4 is 23.1 Å². The molecule has 1 aromatic rings. The minimum atomic E-state index is -0.351. The summed E-state index contributed by atoms with van der Waals surface area (Å²) in [5.41, 5.74) is 5.96. The fraction of sp³-hybridized carbons (Fsp3) is 0.444. The summed E-state index contributed by atoms with van der Waals surface area (Å²) in [6, 6.07) is 1.63. The third-order valence-electron chi connectivity index (χ3n) is 2.40. The molecule has 0 spiro atoms. The Bertz CT molecular complexity index is 392. The minimum absolute atomic E-state index is 0.109. The lowest BCUT2D eigenvalue weighted by Gasteiger charge is -2.31. The van der Waals surface area contributed by atoms with Crippen LogP contribution in [-0.4, -0.2) is 51.8 Å². The van der Waals surface area contributed by atoms with Crippen molar-refractivity contribution in [2.24, 2.45) is 5.73 Å². The average Bonchev–Trinajstić information content (AvgIpc) is 2.81. The minimum Gasteiger partial charge on any atom is -0.391 e. The van der Waals surface area contributed by atoms with Gasteiger partial charge in [0.05, 0.1) is 13.2 Å². The molecular weight excluding hydrogens is 228 g/mol. The number of nitrogens with zero attached hydrogens (tertiary/aromatic N) is 2. The lowest BCUT2D eigenvalue weighted by Crippen LogP contribution is -2.50. The summed E-state index contributed by atoms with van der Waals surface area (Å²) in [5, 5.41) is 6.37. The molecule has 6 nitrogen and oxygen atoms in total. The Labute approximate surface area is 97.7 Å². The number of ether oxygens (including phenoxy) is 1. The molecular formula is C9H12N4O2S. The Morgan fingerprint density at radius 2 is 2.56 bits per heavy atom. The number of morpholine rings is 1. The summed E-state index contributed by atoms with van der Waals surface area (Å²) in [4.78, 5) is 13.9. The van der Waals surface area contributed by atoms with E-state index in [1.165, 1.54) is 0 Å². The van der Waals surface area contributed by atoms with Gasteiger partial charge in [0.1, 0.15) is 16.8 Å². The molecule has 1 aliphatic heterocycles. The maximum absolute atomic E-state index is 11.9. The lowest BCUT2D eigenvalue weighted by molar-refractivity contribution is 0.00850. The van der Waals surface area contributed by atoms with Gasteiger partial charge in [0.15, 0.2) is 0 Å². The quantitative estimate of drug-likeness (QED) is 0.683. The largest absolute Gasteiger partial charge is 0.391 e. The van der Waals surface area contributed by atoms with Gasteiger partial charge in [-0.25, -0.2) is 0 Å². The summed E-state index contributed by atoms with van der Waals surface area (Å²) in [6.45, 7) is 1.38. The van der Waals surface area contributed by atoms with Crippen molar-refractivity contribution in [3.8, 4) is 0 Å². The van der Waals surface area contributed by atoms with Gasteiger partial charge in [-0.2, -0.15) is 5.10 Å². The molecule has 3 N–H and O–H groups in total. The second kappa shape index (κ2) is 4.58. The highest BCUT2D eigenvalue weighted by atomic mass is 32.1. The Hall–Kier alpha value is -1.47. The fourth-order valence-electron chi connectivity index (χ4n) is 1.55. The van der Waals surface area contributed by atoms with Crippen molar-refractivity contribution in [1.29, 1.82) is 0 Å². The van der Waals surface area contributed by atoms with Gasteiger partial charge in [0.25, 0.3) is 5.91 Å². The number of nitrogens with two attached hydrogens (primary N) is 1. The zero-order valence-corrected chi connectivity index (χ0v) is 9.37. The maximum Gasteiger partial charge on any atom is 0.272 e. The molecule has 1 fully saturated rings. The summed E-state index contributed by atoms with van der Waals surface area (Å²) in [7, 11) is 0. The van der Waals surface area contributed by atoms with Gasteiger partial charge in [-0.05, 0) is 6.07 Å². The molecule has 1 unspecified atom stereocenters. The van der Waals surface area contributed by atoms with Gasteiger partial charge in [-0.3, -0.25) is 9.89 Å². The number of carbonyl (C=O) groups excluding carboxylic acids is 1. The molecule has 7 heteroatoms. The predicted molar refractivity (Wildman–Crippen MR) is 61.0 cm³/mol. The maximum atomic E-state index is 11.9. The molecule has 0 saturated carbocycles. The summed E-state index contributed by atoms with van der Waals surface area (Å²) >= 11 is 4.85. The monoisotopic (exact) mass is 240 g/mol. The number of rotatable bonds is 2. The second-order valence-electron chi connectivity index (χ2n) is 3.48. The molecule has 0 aliphatic carbocycles. The summed E-state index contributed by atoms with van der Waals surface area (Å²) in [5.74, 6) is -0.109. The van der Waals surface area contributed by atoms with Crippen molar-refractivity contribution in [1.82, 2.24) is 15.1 Å². The third kappa shape index (κ3) is 2.20. The Morgan fingerprint density at radius 3 is 3.19 bits per heavy atom. The van der Waals surface area contributed by atoms with Crippen LogP contribution in [0.1, 0.15) is 10.5 Å². The first-order valence-corrected chi connectivity index (χ1v) is 5.29. The highest BCUT2D eigenvalue weighted by Crippen LogP contribution is 2.09. The lowest BCUT2D eigenvalue weighted by atomic mass is 10.2. The molecule has 1 atom stereocenters. The number of hydrogen-bond donors (Lipinski definition) is 2. The van der Waals surface area contributed by atoms with Crippen LogP contribution in [0.4, 0.5) is 0 Å². The Balaban J connectivity index is 2.05. The predicted octanol–water partition coefficient (Wildman–Crippen LogP) is -0.463. The highest BCUT2D eigenvalue weighted by Gasteiger charge is 2.26. The molecule has 1 amide bonds. The van der Waals surface area contributed by atoms with E-state index in [4.69, 9.17) is 22.7 Å². The fourth-order valence-corrected chi connectivity index (χ4v) is 1.69. The molecule has 16 heavy (non-hydrogen) atoms. The number of amides is 1. The van der Waals surface area contributed by atoms with Crippen molar-refractivity contribution in [2.75, 3.05) is 19.7 Å². The number of carbonyl (C=O) groups is 1. The number of aromatic amines is 1. The van der Waals surface area contributed by atoms with Crippen LogP contribution in [0.3, 0.4) is 0 Å². The van der Waals surface area contributed by atoms with Crippen LogP contribution in [-0.2, 0) is 4.74 Å². The molecule has 0 radical (unpaired) electrons. The van der Waals surface area contributed by atoms with Gasteiger partial charge >= 0.3 is 0 Å². The molecule has 2 heterocycles. The third-order valence-corrected chi connectivity index (χ3v) is 2.67. The van der Waals surface area contributed by atoms with E-state index in [2.05, 4.69) is 10.2 Å². The van der Waals surface area contributed by atoms with E-state index in [1.54, 1.807) is 17.2 Å². The number of hydrogen-bond acceptors (Lipinski definition) is 4. The Kier molecular flexibility index (Phi) is 3.16. The molecule has 1 aromatic heterocycles. The van der Waals surface area contributed by atoms with Crippen molar-refractivity contribution < 1.29 is 9.53 Å². The zero-order valence-electron chi connectivity index (χ0n) is 8.55. The number of nitrogens with one attached hydrogen (secondary N) is 1. The van der Waals surface area contributed by atoms with Gasteiger partial charge in [0, 0.05) is 12.7 Å². The van der Waals surface area contributed by atoms with Crippen LogP contribution >= 0.6 is 12.2 Å². The van der Waals surface area contributed by atoms with E-state index >= 15 is 0 Å². The van der Waals surface area contributed by atoms with Gasteiger partial charge < -0.3 is 15.4 Å². The summed E-state index contributed by atoms with van der Waals surface area (Å²) in [6.07, 6.45) is 1.19. The summed E-state index contributed by atoms with van der Waals surface area (Å²) < 4.78 is 5.35. The highest BCUT2D eigenvalue weighted by molar-refractivity contribution is 7.80. The van der Waals surface area contributed by atoms with E-state index in [-0.39, 0.29) is 17.0 Å². The number of thiocarbonyl (C=S) groups is 1. The van der Waals surface area contributed by atoms with Crippen LogP contribution in [0.15, 0.2) is 12.3 Å². The number of aromatic nitrogens is 2. The molecule has 86 valence electrons. The van der Waals surface area contributed by atoms with Crippen LogP contribution in [0.2, 0.25) is 0 Å². The van der Waals surface area contributed by atoms with Crippen molar-refractivity contribution in [3.63, 3.8) is 0 Å². The zero-order chi connectivity index (χ0) is 11.5. The van der Waals surface area contributed by atoms with Crippen molar-refractivity contribution in [3.05, 3.63) is 18.0 Å². The van der Waals surface area contributed by atoms with Gasteiger partial charge in [0.2, 0.25) is 0 Å². The molecule has 1 saturated heterocycles. The molecule has 1 aliphatic rings. The van der Waals surface area contributed by atoms with Gasteiger partial charge in [-0.15, -0.1) is 0 Å². The first-order chi connectivity index (χ1) is 7.68. The average molecular weight is 240 g/mol. The second-order valence-corrected chi connectivity index (χ2v) is 3.95. The molecule has 0 aromatic carbocycles.